The van der Waals surface area contributed by atoms with Gasteiger partial charge in [-0.15, -0.1) is 0 Å². The van der Waals surface area contributed by atoms with Gasteiger partial charge in [-0.2, -0.15) is 0 Å². The summed E-state index contributed by atoms with van der Waals surface area (Å²) in [6, 6.07) is 15.1. The molecule has 0 bridgehead atoms. The van der Waals surface area contributed by atoms with E-state index in [2.05, 4.69) is 15.0 Å². The van der Waals surface area contributed by atoms with Crippen LogP contribution in [0, 0.1) is 0 Å². The predicted molar refractivity (Wildman–Crippen MR) is 120 cm³/mol. The zero-order valence-corrected chi connectivity index (χ0v) is 18.4. The fourth-order valence-electron chi connectivity index (χ4n) is 3.01. The number of benzene rings is 2. The first-order valence-electron chi connectivity index (χ1n) is 9.78. The molecule has 0 aliphatic rings. The predicted octanol–water partition coefficient (Wildman–Crippen LogP) is 3.62. The molecule has 31 heavy (non-hydrogen) atoms. The highest BCUT2D eigenvalue weighted by Crippen LogP contribution is 2.24. The second-order valence-corrected chi connectivity index (χ2v) is 9.01. The number of methoxy groups -OCH3 is 1. The van der Waals surface area contributed by atoms with Gasteiger partial charge in [-0.05, 0) is 73.9 Å². The second kappa shape index (κ2) is 9.61. The van der Waals surface area contributed by atoms with E-state index in [4.69, 9.17) is 4.74 Å². The van der Waals surface area contributed by atoms with Crippen molar-refractivity contribution < 1.29 is 17.9 Å². The molecule has 0 aliphatic carbocycles. The number of carbonyl (C=O) groups is 1. The molecule has 1 aromatic heterocycles. The van der Waals surface area contributed by atoms with Gasteiger partial charge < -0.3 is 10.1 Å². The van der Waals surface area contributed by atoms with Crippen LogP contribution < -0.4 is 14.8 Å². The van der Waals surface area contributed by atoms with Crippen LogP contribution in [-0.2, 0) is 16.4 Å². The molecular formula is C23H25N3O4S. The Labute approximate surface area is 182 Å². The van der Waals surface area contributed by atoms with Gasteiger partial charge >= 0.3 is 0 Å². The first-order chi connectivity index (χ1) is 14.8. The number of amides is 1. The fraction of sp³-hybridized carbons (Fsp3) is 0.217. The standard InChI is InChI=1S/C23H25N3O4S/c1-16(2)25-23(27)21-15-20(8-9-22(21)30-3)31(28,29)26-19-6-4-17(5-7-19)14-18-10-12-24-13-11-18/h4-13,15-16,26H,14H2,1-3H3,(H,25,27). The van der Waals surface area contributed by atoms with Gasteiger partial charge in [0.25, 0.3) is 15.9 Å². The Morgan fingerprint density at radius 1 is 1.00 bits per heavy atom. The highest BCUT2D eigenvalue weighted by atomic mass is 32.2. The Morgan fingerprint density at radius 3 is 2.26 bits per heavy atom. The van der Waals surface area contributed by atoms with Crippen molar-refractivity contribution >= 4 is 21.6 Å². The number of nitrogens with one attached hydrogen (secondary N) is 2. The number of anilines is 1. The summed E-state index contributed by atoms with van der Waals surface area (Å²) in [6.45, 7) is 3.65. The first-order valence-corrected chi connectivity index (χ1v) is 11.3. The normalized spacial score (nSPS) is 11.2. The van der Waals surface area contributed by atoms with Gasteiger partial charge in [0.1, 0.15) is 5.75 Å². The number of nitrogens with zero attached hydrogens (tertiary/aromatic N) is 1. The largest absolute Gasteiger partial charge is 0.496 e. The molecule has 0 aliphatic heterocycles. The van der Waals surface area contributed by atoms with E-state index < -0.39 is 15.9 Å². The number of ether oxygens (including phenoxy) is 1. The summed E-state index contributed by atoms with van der Waals surface area (Å²) in [5.41, 5.74) is 2.76. The van der Waals surface area contributed by atoms with Crippen LogP contribution in [0.3, 0.4) is 0 Å². The molecule has 8 heteroatoms. The van der Waals surface area contributed by atoms with E-state index in [0.717, 1.165) is 17.5 Å². The van der Waals surface area contributed by atoms with Crippen molar-refractivity contribution in [2.24, 2.45) is 0 Å². The second-order valence-electron chi connectivity index (χ2n) is 7.32. The highest BCUT2D eigenvalue weighted by Gasteiger charge is 2.20. The van der Waals surface area contributed by atoms with Crippen molar-refractivity contribution in [1.29, 1.82) is 0 Å². The molecule has 1 heterocycles. The lowest BCUT2D eigenvalue weighted by Crippen LogP contribution is -2.30. The van der Waals surface area contributed by atoms with Crippen LogP contribution in [0.5, 0.6) is 5.75 Å². The van der Waals surface area contributed by atoms with Crippen LogP contribution in [0.25, 0.3) is 0 Å². The van der Waals surface area contributed by atoms with E-state index >= 15 is 0 Å². The van der Waals surface area contributed by atoms with Crippen molar-refractivity contribution in [2.45, 2.75) is 31.2 Å². The van der Waals surface area contributed by atoms with Gasteiger partial charge in [-0.3, -0.25) is 14.5 Å². The third-order valence-corrected chi connectivity index (χ3v) is 5.89. The molecule has 0 spiro atoms. The van der Waals surface area contributed by atoms with E-state index in [1.165, 1.54) is 25.3 Å². The molecule has 0 saturated carbocycles. The number of hydrogen-bond donors (Lipinski definition) is 2. The monoisotopic (exact) mass is 439 g/mol. The summed E-state index contributed by atoms with van der Waals surface area (Å²) in [5, 5.41) is 2.75. The van der Waals surface area contributed by atoms with Crippen LogP contribution in [-0.4, -0.2) is 32.5 Å². The highest BCUT2D eigenvalue weighted by molar-refractivity contribution is 7.92. The van der Waals surface area contributed by atoms with E-state index in [0.29, 0.717) is 11.4 Å². The number of hydrogen-bond acceptors (Lipinski definition) is 5. The first kappa shape index (κ1) is 22.3. The molecule has 0 saturated heterocycles. The third-order valence-electron chi connectivity index (χ3n) is 4.51. The van der Waals surface area contributed by atoms with Gasteiger partial charge in [-0.25, -0.2) is 8.42 Å². The summed E-state index contributed by atoms with van der Waals surface area (Å²) >= 11 is 0. The number of aromatic nitrogens is 1. The molecule has 7 nitrogen and oxygen atoms in total. The molecule has 0 atom stereocenters. The average molecular weight is 440 g/mol. The minimum atomic E-state index is -3.89. The summed E-state index contributed by atoms with van der Waals surface area (Å²) < 4.78 is 33.5. The topological polar surface area (TPSA) is 97.4 Å². The average Bonchev–Trinajstić information content (AvgIpc) is 2.74. The summed E-state index contributed by atoms with van der Waals surface area (Å²) in [4.78, 5) is 16.4. The molecule has 162 valence electrons. The molecule has 0 radical (unpaired) electrons. The van der Waals surface area contributed by atoms with Gasteiger partial charge in [0, 0.05) is 24.1 Å². The minimum Gasteiger partial charge on any atom is -0.496 e. The molecule has 0 unspecified atom stereocenters. The summed E-state index contributed by atoms with van der Waals surface area (Å²) in [5.74, 6) is -0.0954. The lowest BCUT2D eigenvalue weighted by atomic mass is 10.1. The van der Waals surface area contributed by atoms with E-state index in [1.807, 2.05) is 38.1 Å². The van der Waals surface area contributed by atoms with Crippen LogP contribution >= 0.6 is 0 Å². The number of sulfonamides is 1. The zero-order valence-electron chi connectivity index (χ0n) is 17.6. The van der Waals surface area contributed by atoms with Crippen LogP contribution in [0.15, 0.2) is 71.9 Å². The Hall–Kier alpha value is -3.39. The number of carbonyl (C=O) groups excluding carboxylic acids is 1. The smallest absolute Gasteiger partial charge is 0.261 e. The van der Waals surface area contributed by atoms with Crippen molar-refractivity contribution in [1.82, 2.24) is 10.3 Å². The maximum absolute atomic E-state index is 12.9. The number of pyridine rings is 1. The van der Waals surface area contributed by atoms with E-state index in [-0.39, 0.29) is 16.5 Å². The molecule has 2 aromatic carbocycles. The van der Waals surface area contributed by atoms with Gasteiger partial charge in [0.15, 0.2) is 0 Å². The van der Waals surface area contributed by atoms with Crippen molar-refractivity contribution in [3.05, 3.63) is 83.7 Å². The van der Waals surface area contributed by atoms with Crippen LogP contribution in [0.2, 0.25) is 0 Å². The Kier molecular flexibility index (Phi) is 6.91. The van der Waals surface area contributed by atoms with Gasteiger partial charge in [-0.1, -0.05) is 12.1 Å². The lowest BCUT2D eigenvalue weighted by Gasteiger charge is -2.14. The maximum atomic E-state index is 12.9. The van der Waals surface area contributed by atoms with E-state index in [1.54, 1.807) is 24.5 Å². The zero-order chi connectivity index (χ0) is 22.4. The Balaban J connectivity index is 1.79. The van der Waals surface area contributed by atoms with Crippen LogP contribution in [0.1, 0.15) is 35.3 Å². The van der Waals surface area contributed by atoms with Crippen molar-refractivity contribution in [3.8, 4) is 5.75 Å². The molecule has 3 aromatic rings. The van der Waals surface area contributed by atoms with Gasteiger partial charge in [0.05, 0.1) is 17.6 Å². The van der Waals surface area contributed by atoms with Crippen molar-refractivity contribution in [3.63, 3.8) is 0 Å². The molecule has 2 N–H and O–H groups in total. The van der Waals surface area contributed by atoms with E-state index in [9.17, 15) is 13.2 Å². The Bertz CT molecular complexity index is 1150. The Morgan fingerprint density at radius 2 is 1.65 bits per heavy atom. The maximum Gasteiger partial charge on any atom is 0.261 e. The summed E-state index contributed by atoms with van der Waals surface area (Å²) in [7, 11) is -2.46. The minimum absolute atomic E-state index is 0.0249. The van der Waals surface area contributed by atoms with Crippen molar-refractivity contribution in [2.75, 3.05) is 11.8 Å². The fourth-order valence-corrected chi connectivity index (χ4v) is 4.10. The lowest BCUT2D eigenvalue weighted by molar-refractivity contribution is 0.0940. The molecular weight excluding hydrogens is 414 g/mol. The summed E-state index contributed by atoms with van der Waals surface area (Å²) in [6.07, 6.45) is 4.20. The van der Waals surface area contributed by atoms with Crippen LogP contribution in [0.4, 0.5) is 5.69 Å². The van der Waals surface area contributed by atoms with Gasteiger partial charge in [0.2, 0.25) is 0 Å². The molecule has 0 fully saturated rings. The SMILES string of the molecule is COc1ccc(S(=O)(=O)Nc2ccc(Cc3ccncc3)cc2)cc1C(=O)NC(C)C. The number of rotatable bonds is 8. The third kappa shape index (κ3) is 5.82. The quantitative estimate of drug-likeness (QED) is 0.559. The molecule has 3 rings (SSSR count). The molecule has 1 amide bonds.